The van der Waals surface area contributed by atoms with Gasteiger partial charge in [-0.15, -0.1) is 0 Å². The second-order valence-electron chi connectivity index (χ2n) is 2.36. The lowest BCUT2D eigenvalue weighted by molar-refractivity contribution is 1.14. The lowest BCUT2D eigenvalue weighted by Crippen LogP contribution is -1.87. The maximum atomic E-state index is 4.14. The lowest BCUT2D eigenvalue weighted by Gasteiger charge is -1.96. The fourth-order valence-electron chi connectivity index (χ4n) is 0.955. The van der Waals surface area contributed by atoms with E-state index in [2.05, 4.69) is 9.97 Å². The van der Waals surface area contributed by atoms with Crippen molar-refractivity contribution in [2.24, 2.45) is 0 Å². The van der Waals surface area contributed by atoms with Crippen LogP contribution in [0, 0.1) is 0 Å². The van der Waals surface area contributed by atoms with Crippen molar-refractivity contribution in [3.8, 4) is 0 Å². The molecule has 0 fully saturated rings. The molecule has 2 nitrogen and oxygen atoms in total. The summed E-state index contributed by atoms with van der Waals surface area (Å²) in [6.45, 7) is 3.95. The fraction of sp³-hybridized carbons (Fsp3) is 0.200. The zero-order valence-electron chi connectivity index (χ0n) is 7.36. The van der Waals surface area contributed by atoms with Crippen LogP contribution in [-0.2, 0) is 0 Å². The average Bonchev–Trinajstić information content (AvgIpc) is 2.09. The van der Waals surface area contributed by atoms with Crippen molar-refractivity contribution in [1.82, 2.24) is 9.97 Å². The molecule has 0 bridgehead atoms. The molecule has 62 valence electrons. The van der Waals surface area contributed by atoms with Gasteiger partial charge in [-0.25, -0.2) is 9.97 Å². The first-order valence-corrected chi connectivity index (χ1v) is 3.94. The Balaban J connectivity index is 3.08. The van der Waals surface area contributed by atoms with Crippen LogP contribution in [0.3, 0.4) is 0 Å². The molecule has 0 spiro atoms. The standard InChI is InChI=1S/C10H12N2/c1-3-5-9-7-11-8-12-10(9)6-4-2/h3-8H,1-2H3/b5-3-,6-4-. The van der Waals surface area contributed by atoms with Gasteiger partial charge in [-0.2, -0.15) is 0 Å². The van der Waals surface area contributed by atoms with Crippen molar-refractivity contribution in [1.29, 1.82) is 0 Å². The summed E-state index contributed by atoms with van der Waals surface area (Å²) >= 11 is 0. The van der Waals surface area contributed by atoms with E-state index in [9.17, 15) is 0 Å². The van der Waals surface area contributed by atoms with E-state index in [1.54, 1.807) is 6.33 Å². The van der Waals surface area contributed by atoms with E-state index in [4.69, 9.17) is 0 Å². The molecule has 0 aromatic carbocycles. The smallest absolute Gasteiger partial charge is 0.116 e. The SMILES string of the molecule is C/C=C\c1cncnc1/C=C\C. The molecule has 12 heavy (non-hydrogen) atoms. The van der Waals surface area contributed by atoms with Crippen molar-refractivity contribution >= 4 is 12.2 Å². The molecule has 0 aliphatic carbocycles. The summed E-state index contributed by atoms with van der Waals surface area (Å²) in [7, 11) is 0. The Morgan fingerprint density at radius 3 is 2.58 bits per heavy atom. The molecule has 0 saturated carbocycles. The van der Waals surface area contributed by atoms with Gasteiger partial charge in [-0.3, -0.25) is 0 Å². The van der Waals surface area contributed by atoms with Gasteiger partial charge < -0.3 is 0 Å². The molecule has 0 unspecified atom stereocenters. The summed E-state index contributed by atoms with van der Waals surface area (Å²) in [6.07, 6.45) is 11.3. The molecule has 1 heterocycles. The number of hydrogen-bond acceptors (Lipinski definition) is 2. The van der Waals surface area contributed by atoms with Crippen molar-refractivity contribution < 1.29 is 0 Å². The number of nitrogens with zero attached hydrogens (tertiary/aromatic N) is 2. The first-order valence-electron chi connectivity index (χ1n) is 3.94. The third-order valence-corrected chi connectivity index (χ3v) is 1.44. The Hall–Kier alpha value is -1.44. The number of hydrogen-bond donors (Lipinski definition) is 0. The summed E-state index contributed by atoms with van der Waals surface area (Å²) < 4.78 is 0. The number of rotatable bonds is 2. The van der Waals surface area contributed by atoms with Gasteiger partial charge in [0.2, 0.25) is 0 Å². The van der Waals surface area contributed by atoms with Gasteiger partial charge in [-0.05, 0) is 19.9 Å². The molecule has 0 radical (unpaired) electrons. The largest absolute Gasteiger partial charge is 0.244 e. The van der Waals surface area contributed by atoms with Crippen molar-refractivity contribution in [3.63, 3.8) is 0 Å². The Labute approximate surface area is 72.7 Å². The lowest BCUT2D eigenvalue weighted by atomic mass is 10.2. The van der Waals surface area contributed by atoms with Gasteiger partial charge in [0.15, 0.2) is 0 Å². The monoisotopic (exact) mass is 160 g/mol. The quantitative estimate of drug-likeness (QED) is 0.664. The molecular weight excluding hydrogens is 148 g/mol. The van der Waals surface area contributed by atoms with Crippen molar-refractivity contribution in [2.45, 2.75) is 13.8 Å². The van der Waals surface area contributed by atoms with Crippen LogP contribution in [0.1, 0.15) is 25.1 Å². The van der Waals surface area contributed by atoms with E-state index >= 15 is 0 Å². The summed E-state index contributed by atoms with van der Waals surface area (Å²) in [5.41, 5.74) is 2.02. The first kappa shape index (κ1) is 8.65. The molecule has 1 rings (SSSR count). The molecule has 0 saturated heterocycles. The van der Waals surface area contributed by atoms with Gasteiger partial charge in [-0.1, -0.05) is 18.2 Å². The molecule has 0 amide bonds. The van der Waals surface area contributed by atoms with Crippen LogP contribution in [-0.4, -0.2) is 9.97 Å². The normalized spacial score (nSPS) is 11.5. The first-order chi connectivity index (χ1) is 5.88. The van der Waals surface area contributed by atoms with Gasteiger partial charge in [0, 0.05) is 11.8 Å². The van der Waals surface area contributed by atoms with Crippen LogP contribution in [0.4, 0.5) is 0 Å². The van der Waals surface area contributed by atoms with Gasteiger partial charge in [0.05, 0.1) is 5.69 Å². The van der Waals surface area contributed by atoms with Crippen LogP contribution in [0.25, 0.3) is 12.2 Å². The molecule has 1 aromatic heterocycles. The third-order valence-electron chi connectivity index (χ3n) is 1.44. The Morgan fingerprint density at radius 2 is 1.92 bits per heavy atom. The molecule has 0 aliphatic rings. The number of aromatic nitrogens is 2. The van der Waals surface area contributed by atoms with E-state index in [0.717, 1.165) is 11.3 Å². The summed E-state index contributed by atoms with van der Waals surface area (Å²) in [6, 6.07) is 0. The Morgan fingerprint density at radius 1 is 1.17 bits per heavy atom. The highest BCUT2D eigenvalue weighted by molar-refractivity contribution is 5.60. The zero-order valence-corrected chi connectivity index (χ0v) is 7.36. The Bertz CT molecular complexity index is 269. The van der Waals surface area contributed by atoms with Crippen LogP contribution < -0.4 is 0 Å². The van der Waals surface area contributed by atoms with Gasteiger partial charge in [0.1, 0.15) is 6.33 Å². The second-order valence-corrected chi connectivity index (χ2v) is 2.36. The summed E-state index contributed by atoms with van der Waals surface area (Å²) in [5, 5.41) is 0. The van der Waals surface area contributed by atoms with Crippen LogP contribution >= 0.6 is 0 Å². The van der Waals surface area contributed by atoms with Crippen molar-refractivity contribution in [2.75, 3.05) is 0 Å². The molecule has 1 aromatic rings. The Kier molecular flexibility index (Phi) is 3.20. The van der Waals surface area contributed by atoms with Crippen LogP contribution in [0.5, 0.6) is 0 Å². The van der Waals surface area contributed by atoms with Crippen LogP contribution in [0.15, 0.2) is 24.7 Å². The van der Waals surface area contributed by atoms with Gasteiger partial charge in [0.25, 0.3) is 0 Å². The highest BCUT2D eigenvalue weighted by atomic mass is 14.8. The van der Waals surface area contributed by atoms with Crippen molar-refractivity contribution in [3.05, 3.63) is 35.9 Å². The van der Waals surface area contributed by atoms with E-state index in [1.807, 2.05) is 44.3 Å². The molecule has 0 N–H and O–H groups in total. The molecular formula is C10H12N2. The zero-order chi connectivity index (χ0) is 8.81. The third kappa shape index (κ3) is 2.02. The maximum Gasteiger partial charge on any atom is 0.116 e. The van der Waals surface area contributed by atoms with E-state index < -0.39 is 0 Å². The average molecular weight is 160 g/mol. The molecule has 0 aliphatic heterocycles. The van der Waals surface area contributed by atoms with Crippen LogP contribution in [0.2, 0.25) is 0 Å². The molecule has 2 heteroatoms. The minimum Gasteiger partial charge on any atom is -0.244 e. The minimum atomic E-state index is 0.964. The van der Waals surface area contributed by atoms with Gasteiger partial charge >= 0.3 is 0 Å². The molecule has 0 atom stereocenters. The second kappa shape index (κ2) is 4.44. The maximum absolute atomic E-state index is 4.14. The van der Waals surface area contributed by atoms with E-state index in [1.165, 1.54) is 0 Å². The van der Waals surface area contributed by atoms with E-state index in [-0.39, 0.29) is 0 Å². The highest BCUT2D eigenvalue weighted by Crippen LogP contribution is 2.07. The topological polar surface area (TPSA) is 25.8 Å². The highest BCUT2D eigenvalue weighted by Gasteiger charge is 1.94. The summed E-state index contributed by atoms with van der Waals surface area (Å²) in [4.78, 5) is 8.09. The summed E-state index contributed by atoms with van der Waals surface area (Å²) in [5.74, 6) is 0. The minimum absolute atomic E-state index is 0.964. The predicted octanol–water partition coefficient (Wildman–Crippen LogP) is 2.54. The number of allylic oxidation sites excluding steroid dienone is 2. The fourth-order valence-corrected chi connectivity index (χ4v) is 0.955. The van der Waals surface area contributed by atoms with E-state index in [0.29, 0.717) is 0 Å². The predicted molar refractivity (Wildman–Crippen MR) is 51.4 cm³/mol.